The predicted octanol–water partition coefficient (Wildman–Crippen LogP) is 4.75. The van der Waals surface area contributed by atoms with E-state index >= 15 is 0 Å². The van der Waals surface area contributed by atoms with Gasteiger partial charge < -0.3 is 19.4 Å². The van der Waals surface area contributed by atoms with Crippen LogP contribution in [0.5, 0.6) is 11.5 Å². The molecule has 34 heavy (non-hydrogen) atoms. The lowest BCUT2D eigenvalue weighted by atomic mass is 10.1. The van der Waals surface area contributed by atoms with Gasteiger partial charge in [0.25, 0.3) is 0 Å². The summed E-state index contributed by atoms with van der Waals surface area (Å²) >= 11 is 0. The normalized spacial score (nSPS) is 16.9. The number of hydrogen-bond donors (Lipinski definition) is 1. The van der Waals surface area contributed by atoms with E-state index in [1.165, 1.54) is 7.11 Å². The minimum atomic E-state index is -0.728. The summed E-state index contributed by atoms with van der Waals surface area (Å²) in [6.07, 6.45) is 0.705. The lowest BCUT2D eigenvalue weighted by Gasteiger charge is -2.10. The maximum absolute atomic E-state index is 11.0. The average molecular weight is 456 g/mol. The molecule has 1 fully saturated rings. The molecule has 3 aromatic carbocycles. The van der Waals surface area contributed by atoms with Gasteiger partial charge in [-0.3, -0.25) is 4.79 Å². The molecule has 1 aliphatic rings. The Kier molecular flexibility index (Phi) is 7.09. The van der Waals surface area contributed by atoms with Crippen molar-refractivity contribution in [2.75, 3.05) is 13.7 Å². The number of aliphatic carboxylic acids is 1. The Morgan fingerprint density at radius 1 is 1.00 bits per heavy atom. The number of hydrogen-bond acceptors (Lipinski definition) is 6. The molecule has 0 bridgehead atoms. The van der Waals surface area contributed by atoms with E-state index in [9.17, 15) is 4.79 Å². The molecular formula is C27H24N2O5. The van der Waals surface area contributed by atoms with Gasteiger partial charge in [-0.25, -0.2) is 0 Å². The number of nitrogens with zero attached hydrogens (tertiary/aromatic N) is 2. The first-order chi connectivity index (χ1) is 16.6. The highest BCUT2D eigenvalue weighted by Crippen LogP contribution is 2.47. The van der Waals surface area contributed by atoms with Gasteiger partial charge >= 0.3 is 5.97 Å². The van der Waals surface area contributed by atoms with E-state index in [2.05, 4.69) is 11.2 Å². The number of nitriles is 1. The summed E-state index contributed by atoms with van der Waals surface area (Å²) in [7, 11) is 1.48. The van der Waals surface area contributed by atoms with E-state index in [1.807, 2.05) is 60.7 Å². The van der Waals surface area contributed by atoms with Gasteiger partial charge in [-0.1, -0.05) is 41.6 Å². The van der Waals surface area contributed by atoms with Gasteiger partial charge in [0.05, 0.1) is 17.6 Å². The quantitative estimate of drug-likeness (QED) is 0.349. The van der Waals surface area contributed by atoms with Crippen molar-refractivity contribution in [3.8, 4) is 17.6 Å². The SMILES string of the molecule is CO/N=C(\COc1ccc(COc2ccc([C@H]3C[C@H]3C(=O)O)cc2)cc1)c1ccc(C#N)cc1. The highest BCUT2D eigenvalue weighted by Gasteiger charge is 2.44. The molecular weight excluding hydrogens is 432 g/mol. The molecule has 0 heterocycles. The Labute approximate surface area is 197 Å². The van der Waals surface area contributed by atoms with Crippen LogP contribution in [-0.4, -0.2) is 30.5 Å². The molecule has 3 aromatic rings. The van der Waals surface area contributed by atoms with Gasteiger partial charge in [-0.05, 0) is 59.9 Å². The molecule has 1 aliphatic carbocycles. The molecule has 0 spiro atoms. The van der Waals surface area contributed by atoms with Crippen molar-refractivity contribution in [1.29, 1.82) is 5.26 Å². The van der Waals surface area contributed by atoms with Crippen molar-refractivity contribution >= 4 is 11.7 Å². The number of rotatable bonds is 10. The van der Waals surface area contributed by atoms with Crippen LogP contribution in [-0.2, 0) is 16.2 Å². The van der Waals surface area contributed by atoms with Crippen molar-refractivity contribution in [3.05, 3.63) is 95.1 Å². The van der Waals surface area contributed by atoms with Gasteiger partial charge in [0.15, 0.2) is 0 Å². The third-order valence-electron chi connectivity index (χ3n) is 5.67. The molecule has 2 atom stereocenters. The standard InChI is InChI=1S/C27H24N2O5/c1-32-29-26(21-6-2-18(15-28)3-7-21)17-34-22-10-4-19(5-11-22)16-33-23-12-8-20(9-13-23)24-14-25(24)27(30)31/h2-13,24-25H,14,16-17H2,1H3,(H,30,31)/b29-26+/t24-,25-/m1/s1. The summed E-state index contributed by atoms with van der Waals surface area (Å²) in [5.74, 6) is 0.551. The van der Waals surface area contributed by atoms with Gasteiger partial charge in [0, 0.05) is 5.56 Å². The first-order valence-electron chi connectivity index (χ1n) is 10.8. The fourth-order valence-electron chi connectivity index (χ4n) is 3.66. The first kappa shape index (κ1) is 22.9. The van der Waals surface area contributed by atoms with Crippen LogP contribution >= 0.6 is 0 Å². The van der Waals surface area contributed by atoms with Crippen LogP contribution in [0.3, 0.4) is 0 Å². The third kappa shape index (κ3) is 5.73. The minimum Gasteiger partial charge on any atom is -0.489 e. The summed E-state index contributed by atoms with van der Waals surface area (Å²) in [6, 6.07) is 24.4. The van der Waals surface area contributed by atoms with Gasteiger partial charge in [-0.2, -0.15) is 5.26 Å². The Balaban J connectivity index is 1.28. The van der Waals surface area contributed by atoms with E-state index in [0.29, 0.717) is 30.1 Å². The Hall–Kier alpha value is -4.31. The maximum atomic E-state index is 11.0. The molecule has 0 aromatic heterocycles. The highest BCUT2D eigenvalue weighted by atomic mass is 16.6. The first-order valence-corrected chi connectivity index (χ1v) is 10.8. The predicted molar refractivity (Wildman–Crippen MR) is 126 cm³/mol. The fourth-order valence-corrected chi connectivity index (χ4v) is 3.66. The fraction of sp³-hybridized carbons (Fsp3) is 0.222. The smallest absolute Gasteiger partial charge is 0.307 e. The van der Waals surface area contributed by atoms with Crippen LogP contribution in [0.1, 0.15) is 34.6 Å². The summed E-state index contributed by atoms with van der Waals surface area (Å²) in [5, 5.41) is 22.1. The van der Waals surface area contributed by atoms with Crippen LogP contribution in [0.4, 0.5) is 0 Å². The van der Waals surface area contributed by atoms with E-state index in [4.69, 9.17) is 24.7 Å². The minimum absolute atomic E-state index is 0.116. The summed E-state index contributed by atoms with van der Waals surface area (Å²) < 4.78 is 11.7. The second-order valence-electron chi connectivity index (χ2n) is 7.99. The number of ether oxygens (including phenoxy) is 2. The lowest BCUT2D eigenvalue weighted by molar-refractivity contribution is -0.138. The van der Waals surface area contributed by atoms with Crippen LogP contribution in [0.15, 0.2) is 78.0 Å². The van der Waals surface area contributed by atoms with Crippen molar-refractivity contribution in [2.24, 2.45) is 11.1 Å². The average Bonchev–Trinajstić information content (AvgIpc) is 3.68. The zero-order valence-electron chi connectivity index (χ0n) is 18.7. The third-order valence-corrected chi connectivity index (χ3v) is 5.67. The Morgan fingerprint density at radius 3 is 2.24 bits per heavy atom. The molecule has 7 heteroatoms. The largest absolute Gasteiger partial charge is 0.489 e. The molecule has 0 unspecified atom stereocenters. The number of carboxylic acid groups (broad SMARTS) is 1. The van der Waals surface area contributed by atoms with Crippen molar-refractivity contribution in [3.63, 3.8) is 0 Å². The molecule has 0 saturated heterocycles. The number of carboxylic acids is 1. The topological polar surface area (TPSA) is 101 Å². The molecule has 1 N–H and O–H groups in total. The molecule has 1 saturated carbocycles. The van der Waals surface area contributed by atoms with E-state index in [1.54, 1.807) is 12.1 Å². The lowest BCUT2D eigenvalue weighted by Crippen LogP contribution is -2.13. The monoisotopic (exact) mass is 456 g/mol. The molecule has 172 valence electrons. The van der Waals surface area contributed by atoms with Crippen molar-refractivity contribution in [1.82, 2.24) is 0 Å². The van der Waals surface area contributed by atoms with Crippen molar-refractivity contribution in [2.45, 2.75) is 18.9 Å². The zero-order chi connectivity index (χ0) is 23.9. The van der Waals surface area contributed by atoms with Gasteiger partial charge in [0.1, 0.15) is 37.5 Å². The second kappa shape index (κ2) is 10.5. The van der Waals surface area contributed by atoms with Crippen LogP contribution in [0, 0.1) is 17.2 Å². The van der Waals surface area contributed by atoms with E-state index in [0.717, 1.165) is 22.4 Å². The van der Waals surface area contributed by atoms with Gasteiger partial charge in [-0.15, -0.1) is 0 Å². The number of oxime groups is 1. The molecule has 0 amide bonds. The second-order valence-corrected chi connectivity index (χ2v) is 7.99. The van der Waals surface area contributed by atoms with E-state index in [-0.39, 0.29) is 18.4 Å². The summed E-state index contributed by atoms with van der Waals surface area (Å²) in [5.41, 5.74) is 4.03. The maximum Gasteiger partial charge on any atom is 0.307 e. The number of benzene rings is 3. The van der Waals surface area contributed by atoms with Crippen LogP contribution < -0.4 is 9.47 Å². The summed E-state index contributed by atoms with van der Waals surface area (Å²) in [6.45, 7) is 0.619. The van der Waals surface area contributed by atoms with E-state index < -0.39 is 5.97 Å². The Bertz CT molecular complexity index is 1200. The number of carbonyl (C=O) groups is 1. The van der Waals surface area contributed by atoms with Crippen LogP contribution in [0.2, 0.25) is 0 Å². The molecule has 7 nitrogen and oxygen atoms in total. The molecule has 4 rings (SSSR count). The summed E-state index contributed by atoms with van der Waals surface area (Å²) in [4.78, 5) is 16.0. The molecule has 0 radical (unpaired) electrons. The Morgan fingerprint density at radius 2 is 1.65 bits per heavy atom. The van der Waals surface area contributed by atoms with Crippen LogP contribution in [0.25, 0.3) is 0 Å². The zero-order valence-corrected chi connectivity index (χ0v) is 18.7. The van der Waals surface area contributed by atoms with Gasteiger partial charge in [0.2, 0.25) is 0 Å². The van der Waals surface area contributed by atoms with Crippen molar-refractivity contribution < 1.29 is 24.2 Å². The molecule has 0 aliphatic heterocycles. The highest BCUT2D eigenvalue weighted by molar-refractivity contribution is 6.01.